The Kier molecular flexibility index (Phi) is 12.7. The molecule has 1 aliphatic carbocycles. The molecule has 67 heavy (non-hydrogen) atoms. The van der Waals surface area contributed by atoms with E-state index in [1.165, 1.54) is 12.7 Å². The second kappa shape index (κ2) is 19.1. The third-order valence-corrected chi connectivity index (χ3v) is 14.5. The molecule has 4 aliphatic rings. The molecule has 5 heterocycles. The second-order valence-corrected chi connectivity index (χ2v) is 18.9. The van der Waals surface area contributed by atoms with Crippen molar-refractivity contribution in [1.29, 1.82) is 0 Å². The lowest BCUT2D eigenvalue weighted by atomic mass is 9.89. The zero-order chi connectivity index (χ0) is 46.2. The number of aliphatic hydroxyl groups excluding tert-OH is 1. The van der Waals surface area contributed by atoms with E-state index in [0.717, 1.165) is 106 Å². The highest BCUT2D eigenvalue weighted by atomic mass is 16.5. The summed E-state index contributed by atoms with van der Waals surface area (Å²) in [6.45, 7) is 6.37. The Morgan fingerprint density at radius 1 is 0.806 bits per heavy atom. The van der Waals surface area contributed by atoms with Crippen molar-refractivity contribution in [2.24, 2.45) is 11.8 Å². The van der Waals surface area contributed by atoms with E-state index in [9.17, 15) is 19.5 Å². The molecule has 0 bridgehead atoms. The molecule has 348 valence electrons. The Morgan fingerprint density at radius 3 is 2.30 bits per heavy atom. The van der Waals surface area contributed by atoms with Gasteiger partial charge in [-0.1, -0.05) is 86.6 Å². The first kappa shape index (κ1) is 44.5. The molecule has 3 fully saturated rings. The molecule has 0 saturated carbocycles. The fourth-order valence-electron chi connectivity index (χ4n) is 10.7. The highest BCUT2D eigenvalue weighted by Gasteiger charge is 2.40. The van der Waals surface area contributed by atoms with Crippen LogP contribution in [-0.2, 0) is 31.9 Å². The molecule has 3 saturated heterocycles. The molecule has 1 unspecified atom stereocenters. The standard InChI is InChI=1S/C53H60N8O6/c1-31(2)45(59-53(65)66-3)51(63)61-24-8-12-44(61)49-55-41-20-18-38-28-37(17-19-40(38)47(41)57-49)34-13-14-36-29-39(16-15-35(36)27-34)42-30-54-48(56-42)43-11-7-23-60(43)52(64)46(32-9-5-4-6-10-32)58-50(62)33-21-25-67-26-22-33/h4-6,9-10,13-17,19,27-31,33,43-46,51,63H,7-8,11-12,18,20-26H2,1-3H3,(H,54,56)(H,55,57)(H,58,62)(H,59,65)/t43-,44-,45-,46+,51?/m0/s1. The number of hydrogen-bond donors (Lipinski definition) is 5. The van der Waals surface area contributed by atoms with Crippen molar-refractivity contribution in [1.82, 2.24) is 40.4 Å². The minimum Gasteiger partial charge on any atom is -0.453 e. The first-order valence-electron chi connectivity index (χ1n) is 24.0. The van der Waals surface area contributed by atoms with Crippen LogP contribution in [0.1, 0.15) is 99.0 Å². The predicted molar refractivity (Wildman–Crippen MR) is 255 cm³/mol. The van der Waals surface area contributed by atoms with Gasteiger partial charge in [0.1, 0.15) is 23.9 Å². The number of aliphatic hydroxyl groups is 1. The maximum absolute atomic E-state index is 14.4. The number of ether oxygens (including phenoxy) is 2. The number of benzene rings is 4. The molecule has 2 aromatic heterocycles. The number of imidazole rings is 2. The van der Waals surface area contributed by atoms with Gasteiger partial charge in [0.2, 0.25) is 11.8 Å². The van der Waals surface area contributed by atoms with Crippen molar-refractivity contribution in [2.75, 3.05) is 33.4 Å². The van der Waals surface area contributed by atoms with Gasteiger partial charge in [-0.15, -0.1) is 0 Å². The van der Waals surface area contributed by atoms with Gasteiger partial charge in [-0.05, 0) is 102 Å². The summed E-state index contributed by atoms with van der Waals surface area (Å²) in [5.74, 6) is 1.21. The van der Waals surface area contributed by atoms with Crippen LogP contribution in [0.25, 0.3) is 44.4 Å². The van der Waals surface area contributed by atoms with Crippen LogP contribution in [0.3, 0.4) is 0 Å². The first-order chi connectivity index (χ1) is 32.6. The molecule has 3 amide bonds. The van der Waals surface area contributed by atoms with Gasteiger partial charge in [-0.25, -0.2) is 14.8 Å². The quantitative estimate of drug-likeness (QED) is 0.0811. The van der Waals surface area contributed by atoms with E-state index >= 15 is 0 Å². The molecule has 6 aromatic rings. The number of nitrogens with zero attached hydrogens (tertiary/aromatic N) is 4. The fraction of sp³-hybridized carbons (Fsp3) is 0.415. The Hall–Kier alpha value is -6.35. The molecule has 10 rings (SSSR count). The van der Waals surface area contributed by atoms with E-state index in [1.54, 1.807) is 0 Å². The average molecular weight is 905 g/mol. The minimum absolute atomic E-state index is 0.00210. The number of methoxy groups -OCH3 is 1. The largest absolute Gasteiger partial charge is 0.453 e. The smallest absolute Gasteiger partial charge is 0.407 e. The number of hydrogen-bond acceptors (Lipinski definition) is 9. The van der Waals surface area contributed by atoms with Gasteiger partial charge in [-0.3, -0.25) is 14.5 Å². The number of alkyl carbamates (subject to hydrolysis) is 1. The Balaban J connectivity index is 0.835. The summed E-state index contributed by atoms with van der Waals surface area (Å²) in [5, 5.41) is 19.7. The highest BCUT2D eigenvalue weighted by Crippen LogP contribution is 2.40. The van der Waals surface area contributed by atoms with Gasteiger partial charge in [0, 0.05) is 43.3 Å². The Labute approximate surface area is 390 Å². The van der Waals surface area contributed by atoms with Crippen LogP contribution in [0.2, 0.25) is 0 Å². The minimum atomic E-state index is -0.883. The number of aromatic nitrogens is 4. The number of carbonyl (C=O) groups is 3. The van der Waals surface area contributed by atoms with Gasteiger partial charge in [-0.2, -0.15) is 0 Å². The number of likely N-dealkylation sites (tertiary alicyclic amines) is 2. The number of carbonyl (C=O) groups excluding carboxylic acids is 3. The SMILES string of the molecule is COC(=O)N[C@@H](C(C)C)C(O)N1CCC[C@H]1c1nc2c([nH]1)-c1ccc(-c3ccc4cc(-c5cnc([C@@H]6CCCN6C(=O)[C@H](NC(=O)C6CCOCC6)c6ccccc6)[nH]5)ccc4c3)cc1CC2. The molecular formula is C53H60N8O6. The Morgan fingerprint density at radius 2 is 1.52 bits per heavy atom. The lowest BCUT2D eigenvalue weighted by Crippen LogP contribution is -2.54. The molecule has 14 heteroatoms. The number of nitrogens with one attached hydrogen (secondary N) is 4. The van der Waals surface area contributed by atoms with Crippen LogP contribution in [0.15, 0.2) is 91.1 Å². The summed E-state index contributed by atoms with van der Waals surface area (Å²) < 4.78 is 10.3. The summed E-state index contributed by atoms with van der Waals surface area (Å²) in [6, 6.07) is 27.7. The van der Waals surface area contributed by atoms with E-state index in [4.69, 9.17) is 19.4 Å². The number of aryl methyl sites for hydroxylation is 2. The number of fused-ring (bicyclic) bond motifs is 4. The number of rotatable bonds is 12. The summed E-state index contributed by atoms with van der Waals surface area (Å²) in [7, 11) is 1.33. The maximum Gasteiger partial charge on any atom is 0.407 e. The zero-order valence-electron chi connectivity index (χ0n) is 38.5. The van der Waals surface area contributed by atoms with Crippen LogP contribution < -0.4 is 10.6 Å². The van der Waals surface area contributed by atoms with E-state index in [-0.39, 0.29) is 35.7 Å². The zero-order valence-corrected chi connectivity index (χ0v) is 38.5. The van der Waals surface area contributed by atoms with Crippen molar-refractivity contribution in [3.63, 3.8) is 0 Å². The predicted octanol–water partition coefficient (Wildman–Crippen LogP) is 8.17. The maximum atomic E-state index is 14.4. The summed E-state index contributed by atoms with van der Waals surface area (Å²) in [5.41, 5.74) is 9.48. The first-order valence-corrected chi connectivity index (χ1v) is 24.0. The lowest BCUT2D eigenvalue weighted by molar-refractivity contribution is -0.139. The Bertz CT molecular complexity index is 2760. The molecule has 0 spiro atoms. The summed E-state index contributed by atoms with van der Waals surface area (Å²) in [6.07, 6.45) is 6.85. The third-order valence-electron chi connectivity index (χ3n) is 14.5. The van der Waals surface area contributed by atoms with Crippen molar-refractivity contribution >= 4 is 28.7 Å². The van der Waals surface area contributed by atoms with Crippen LogP contribution in [0.4, 0.5) is 4.79 Å². The summed E-state index contributed by atoms with van der Waals surface area (Å²) >= 11 is 0. The molecule has 14 nitrogen and oxygen atoms in total. The van der Waals surface area contributed by atoms with Crippen LogP contribution in [-0.4, -0.2) is 98.4 Å². The third kappa shape index (κ3) is 8.97. The van der Waals surface area contributed by atoms with E-state index in [0.29, 0.717) is 39.1 Å². The topological polar surface area (TPSA) is 178 Å². The molecular weight excluding hydrogens is 845 g/mol. The van der Waals surface area contributed by atoms with Crippen molar-refractivity contribution in [3.05, 3.63) is 120 Å². The van der Waals surface area contributed by atoms with Crippen LogP contribution in [0.5, 0.6) is 0 Å². The van der Waals surface area contributed by atoms with Gasteiger partial charge < -0.3 is 40.1 Å². The van der Waals surface area contributed by atoms with E-state index in [2.05, 4.69) is 80.1 Å². The van der Waals surface area contributed by atoms with Crippen LogP contribution in [0, 0.1) is 11.8 Å². The molecule has 5 atom stereocenters. The second-order valence-electron chi connectivity index (χ2n) is 18.9. The fourth-order valence-corrected chi connectivity index (χ4v) is 10.7. The number of H-pyrrole nitrogens is 2. The molecule has 3 aliphatic heterocycles. The van der Waals surface area contributed by atoms with Gasteiger partial charge >= 0.3 is 6.09 Å². The highest BCUT2D eigenvalue weighted by molar-refractivity contribution is 5.92. The molecule has 4 aromatic carbocycles. The van der Waals surface area contributed by atoms with Gasteiger partial charge in [0.05, 0.1) is 48.5 Å². The normalized spacial score (nSPS) is 20.0. The van der Waals surface area contributed by atoms with Crippen molar-refractivity contribution in [2.45, 2.75) is 95.6 Å². The van der Waals surface area contributed by atoms with E-state index in [1.807, 2.05) is 55.3 Å². The molecule has 5 N–H and O–H groups in total. The van der Waals surface area contributed by atoms with Gasteiger partial charge in [0.15, 0.2) is 0 Å². The average Bonchev–Trinajstić information content (AvgIpc) is 4.21. The van der Waals surface area contributed by atoms with Crippen molar-refractivity contribution in [3.8, 4) is 33.6 Å². The monoisotopic (exact) mass is 904 g/mol. The van der Waals surface area contributed by atoms with Gasteiger partial charge in [0.25, 0.3) is 0 Å². The van der Waals surface area contributed by atoms with Crippen molar-refractivity contribution < 1.29 is 29.0 Å². The number of amides is 3. The number of aromatic amines is 2. The lowest BCUT2D eigenvalue weighted by Gasteiger charge is -2.35. The molecule has 0 radical (unpaired) electrons. The van der Waals surface area contributed by atoms with Crippen LogP contribution >= 0.6 is 0 Å². The van der Waals surface area contributed by atoms with E-state index < -0.39 is 24.4 Å². The summed E-state index contributed by atoms with van der Waals surface area (Å²) in [4.78, 5) is 61.0.